The van der Waals surface area contributed by atoms with Crippen LogP contribution in [0.5, 0.6) is 0 Å². The first-order chi connectivity index (χ1) is 10.3. The van der Waals surface area contributed by atoms with Crippen LogP contribution in [0.1, 0.15) is 38.4 Å². The van der Waals surface area contributed by atoms with Crippen LogP contribution in [0.3, 0.4) is 0 Å². The lowest BCUT2D eigenvalue weighted by Crippen LogP contribution is -2.37. The molecule has 2 aromatic heterocycles. The molecule has 0 spiro atoms. The molecule has 0 aliphatic heterocycles. The van der Waals surface area contributed by atoms with Gasteiger partial charge in [0.1, 0.15) is 16.5 Å². The quantitative estimate of drug-likeness (QED) is 0.843. The third-order valence-electron chi connectivity index (χ3n) is 4.57. The van der Waals surface area contributed by atoms with Gasteiger partial charge in [-0.05, 0) is 36.1 Å². The number of hydrogen-bond acceptors (Lipinski definition) is 5. The third kappa shape index (κ3) is 3.04. The van der Waals surface area contributed by atoms with E-state index in [9.17, 15) is 0 Å². The standard InChI is InChI=1S/C16H23N3OS/c1-3-13-18-14(12-5-10-21-15(12)19-13)17-11-16(6-4-7-16)8-9-20-2/h5,10H,3-4,6-9,11H2,1-2H3,(H,17,18,19). The molecule has 0 radical (unpaired) electrons. The van der Waals surface area contributed by atoms with Crippen LogP contribution >= 0.6 is 11.3 Å². The number of rotatable bonds is 7. The zero-order valence-electron chi connectivity index (χ0n) is 12.8. The SMILES string of the molecule is CCc1nc(NCC2(CCOC)CCC2)c2ccsc2n1. The Balaban J connectivity index is 1.76. The van der Waals surface area contributed by atoms with E-state index in [0.717, 1.165) is 47.9 Å². The van der Waals surface area contributed by atoms with Crippen LogP contribution in [0.15, 0.2) is 11.4 Å². The normalized spacial score (nSPS) is 16.9. The van der Waals surface area contributed by atoms with Gasteiger partial charge in [0.15, 0.2) is 0 Å². The Kier molecular flexibility index (Phi) is 4.40. The predicted molar refractivity (Wildman–Crippen MR) is 88.1 cm³/mol. The summed E-state index contributed by atoms with van der Waals surface area (Å²) < 4.78 is 5.27. The zero-order valence-corrected chi connectivity index (χ0v) is 13.6. The van der Waals surface area contributed by atoms with Crippen molar-refractivity contribution < 1.29 is 4.74 Å². The zero-order chi connectivity index (χ0) is 14.7. The van der Waals surface area contributed by atoms with Gasteiger partial charge in [-0.25, -0.2) is 9.97 Å². The Morgan fingerprint density at radius 1 is 1.38 bits per heavy atom. The lowest BCUT2D eigenvalue weighted by atomic mass is 9.67. The number of thiophene rings is 1. The van der Waals surface area contributed by atoms with Crippen molar-refractivity contribution in [2.45, 2.75) is 39.0 Å². The highest BCUT2D eigenvalue weighted by atomic mass is 32.1. The molecule has 1 aliphatic rings. The highest BCUT2D eigenvalue weighted by Crippen LogP contribution is 2.44. The molecule has 1 fully saturated rings. The van der Waals surface area contributed by atoms with Gasteiger partial charge in [-0.1, -0.05) is 13.3 Å². The highest BCUT2D eigenvalue weighted by Gasteiger charge is 2.36. The maximum atomic E-state index is 5.27. The Bertz CT molecular complexity index is 607. The summed E-state index contributed by atoms with van der Waals surface area (Å²) >= 11 is 1.69. The van der Waals surface area contributed by atoms with Gasteiger partial charge in [0.05, 0.1) is 5.39 Å². The van der Waals surface area contributed by atoms with Gasteiger partial charge < -0.3 is 10.1 Å². The minimum Gasteiger partial charge on any atom is -0.385 e. The molecule has 0 aromatic carbocycles. The van der Waals surface area contributed by atoms with Gasteiger partial charge in [0.2, 0.25) is 0 Å². The molecule has 1 N–H and O–H groups in total. The van der Waals surface area contributed by atoms with E-state index < -0.39 is 0 Å². The van der Waals surface area contributed by atoms with Crippen LogP contribution in [0.2, 0.25) is 0 Å². The van der Waals surface area contributed by atoms with Crippen LogP contribution in [-0.2, 0) is 11.2 Å². The summed E-state index contributed by atoms with van der Waals surface area (Å²) in [7, 11) is 1.78. The van der Waals surface area contributed by atoms with E-state index in [4.69, 9.17) is 4.74 Å². The molecule has 0 unspecified atom stereocenters. The minimum atomic E-state index is 0.398. The number of nitrogens with one attached hydrogen (secondary N) is 1. The summed E-state index contributed by atoms with van der Waals surface area (Å²) in [6.07, 6.45) is 5.93. The second-order valence-electron chi connectivity index (χ2n) is 5.93. The molecular formula is C16H23N3OS. The molecule has 114 valence electrons. The maximum absolute atomic E-state index is 5.27. The molecule has 0 atom stereocenters. The van der Waals surface area contributed by atoms with Gasteiger partial charge in [0.25, 0.3) is 0 Å². The second kappa shape index (κ2) is 6.28. The summed E-state index contributed by atoms with van der Waals surface area (Å²) in [5.41, 5.74) is 0.398. The second-order valence-corrected chi connectivity index (χ2v) is 6.83. The van der Waals surface area contributed by atoms with E-state index in [0.29, 0.717) is 5.41 Å². The van der Waals surface area contributed by atoms with E-state index in [2.05, 4.69) is 33.7 Å². The van der Waals surface area contributed by atoms with Gasteiger partial charge in [-0.2, -0.15) is 0 Å². The molecule has 5 heteroatoms. The number of methoxy groups -OCH3 is 1. The predicted octanol–water partition coefficient (Wildman–Crippen LogP) is 3.87. The molecule has 21 heavy (non-hydrogen) atoms. The Hall–Kier alpha value is -1.20. The van der Waals surface area contributed by atoms with Crippen molar-refractivity contribution in [3.05, 3.63) is 17.3 Å². The molecule has 0 saturated heterocycles. The van der Waals surface area contributed by atoms with E-state index in [1.165, 1.54) is 19.3 Å². The fourth-order valence-electron chi connectivity index (χ4n) is 2.97. The number of fused-ring (bicyclic) bond motifs is 1. The first kappa shape index (κ1) is 14.7. The first-order valence-electron chi connectivity index (χ1n) is 7.73. The Morgan fingerprint density at radius 3 is 2.90 bits per heavy atom. The number of nitrogens with zero attached hydrogens (tertiary/aromatic N) is 2. The lowest BCUT2D eigenvalue weighted by Gasteiger charge is -2.42. The Labute approximate surface area is 129 Å². The topological polar surface area (TPSA) is 47.0 Å². The van der Waals surface area contributed by atoms with Crippen molar-refractivity contribution >= 4 is 27.4 Å². The van der Waals surface area contributed by atoms with Crippen LogP contribution in [-0.4, -0.2) is 30.2 Å². The Morgan fingerprint density at radius 2 is 2.24 bits per heavy atom. The molecule has 4 nitrogen and oxygen atoms in total. The molecular weight excluding hydrogens is 282 g/mol. The largest absolute Gasteiger partial charge is 0.385 e. The average Bonchev–Trinajstić information content (AvgIpc) is 2.93. The van der Waals surface area contributed by atoms with Gasteiger partial charge in [-0.15, -0.1) is 11.3 Å². The number of aromatic nitrogens is 2. The van der Waals surface area contributed by atoms with Crippen LogP contribution in [0.25, 0.3) is 10.2 Å². The van der Waals surface area contributed by atoms with Gasteiger partial charge in [0, 0.05) is 26.7 Å². The van der Waals surface area contributed by atoms with Gasteiger partial charge in [-0.3, -0.25) is 0 Å². The molecule has 1 aliphatic carbocycles. The molecule has 0 bridgehead atoms. The molecule has 3 rings (SSSR count). The average molecular weight is 305 g/mol. The van der Waals surface area contributed by atoms with Crippen molar-refractivity contribution in [2.24, 2.45) is 5.41 Å². The summed E-state index contributed by atoms with van der Waals surface area (Å²) in [6, 6.07) is 2.12. The molecule has 2 heterocycles. The summed E-state index contributed by atoms with van der Waals surface area (Å²) in [4.78, 5) is 10.4. The van der Waals surface area contributed by atoms with Crippen molar-refractivity contribution in [3.8, 4) is 0 Å². The van der Waals surface area contributed by atoms with Crippen molar-refractivity contribution in [1.82, 2.24) is 9.97 Å². The number of anilines is 1. The molecule has 2 aromatic rings. The fourth-order valence-corrected chi connectivity index (χ4v) is 3.76. The highest BCUT2D eigenvalue weighted by molar-refractivity contribution is 7.16. The van der Waals surface area contributed by atoms with Crippen molar-refractivity contribution in [1.29, 1.82) is 0 Å². The van der Waals surface area contributed by atoms with E-state index >= 15 is 0 Å². The lowest BCUT2D eigenvalue weighted by molar-refractivity contribution is 0.0812. The number of ether oxygens (including phenoxy) is 1. The third-order valence-corrected chi connectivity index (χ3v) is 5.38. The monoisotopic (exact) mass is 305 g/mol. The van der Waals surface area contributed by atoms with E-state index in [-0.39, 0.29) is 0 Å². The van der Waals surface area contributed by atoms with E-state index in [1.807, 2.05) is 0 Å². The minimum absolute atomic E-state index is 0.398. The summed E-state index contributed by atoms with van der Waals surface area (Å²) in [6.45, 7) is 3.94. The number of hydrogen-bond donors (Lipinski definition) is 1. The van der Waals surface area contributed by atoms with Crippen LogP contribution in [0.4, 0.5) is 5.82 Å². The van der Waals surface area contributed by atoms with Crippen molar-refractivity contribution in [2.75, 3.05) is 25.6 Å². The molecule has 1 saturated carbocycles. The van der Waals surface area contributed by atoms with Crippen LogP contribution < -0.4 is 5.32 Å². The smallest absolute Gasteiger partial charge is 0.138 e. The summed E-state index contributed by atoms with van der Waals surface area (Å²) in [5.74, 6) is 1.92. The van der Waals surface area contributed by atoms with Crippen molar-refractivity contribution in [3.63, 3.8) is 0 Å². The molecule has 0 amide bonds. The number of aryl methyl sites for hydroxylation is 1. The van der Waals surface area contributed by atoms with Crippen LogP contribution in [0, 0.1) is 5.41 Å². The fraction of sp³-hybridized carbons (Fsp3) is 0.625. The summed E-state index contributed by atoms with van der Waals surface area (Å²) in [5, 5.41) is 6.84. The maximum Gasteiger partial charge on any atom is 0.138 e. The van der Waals surface area contributed by atoms with Gasteiger partial charge >= 0.3 is 0 Å². The first-order valence-corrected chi connectivity index (χ1v) is 8.61. The van der Waals surface area contributed by atoms with E-state index in [1.54, 1.807) is 18.4 Å².